The maximum atomic E-state index is 12.2. The topological polar surface area (TPSA) is 32.3 Å². The molecule has 1 saturated heterocycles. The van der Waals surface area contributed by atoms with Crippen LogP contribution in [0, 0.1) is 0 Å². The average Bonchev–Trinajstić information content (AvgIpc) is 2.29. The van der Waals surface area contributed by atoms with Crippen LogP contribution in [0.15, 0.2) is 17.0 Å². The van der Waals surface area contributed by atoms with E-state index in [1.165, 1.54) is 11.2 Å². The molecule has 0 aliphatic carbocycles. The molecule has 0 radical (unpaired) electrons. The number of nitrogens with zero attached hydrogens (tertiary/aromatic N) is 4. The highest BCUT2D eigenvalue weighted by atomic mass is 79.9. The third-order valence-corrected chi connectivity index (χ3v) is 3.28. The largest absolute Gasteiger partial charge is 0.401 e. The van der Waals surface area contributed by atoms with Crippen LogP contribution < -0.4 is 4.90 Å². The third kappa shape index (κ3) is 3.55. The van der Waals surface area contributed by atoms with Gasteiger partial charge in [-0.15, -0.1) is 0 Å². The second-order valence-corrected chi connectivity index (χ2v) is 4.93. The second kappa shape index (κ2) is 5.40. The van der Waals surface area contributed by atoms with Gasteiger partial charge < -0.3 is 4.90 Å². The van der Waals surface area contributed by atoms with E-state index in [0.29, 0.717) is 26.2 Å². The first-order valence-electron chi connectivity index (χ1n) is 5.45. The van der Waals surface area contributed by atoms with Crippen LogP contribution in [0.4, 0.5) is 19.0 Å². The molecule has 1 fully saturated rings. The van der Waals surface area contributed by atoms with Crippen molar-refractivity contribution in [3.8, 4) is 0 Å². The number of hydrogen-bond donors (Lipinski definition) is 0. The van der Waals surface area contributed by atoms with Gasteiger partial charge in [0.1, 0.15) is 12.1 Å². The standard InChI is InChI=1S/C10H12BrF3N4/c11-8-5-15-7-16-9(8)18-3-1-17(2-4-18)6-10(12,13)14/h5,7H,1-4,6H2. The van der Waals surface area contributed by atoms with Gasteiger partial charge in [-0.25, -0.2) is 9.97 Å². The second-order valence-electron chi connectivity index (χ2n) is 4.07. The lowest BCUT2D eigenvalue weighted by molar-refractivity contribution is -0.146. The summed E-state index contributed by atoms with van der Waals surface area (Å²) in [5.41, 5.74) is 0. The van der Waals surface area contributed by atoms with Crippen molar-refractivity contribution < 1.29 is 13.2 Å². The number of alkyl halides is 3. The molecule has 0 aromatic carbocycles. The van der Waals surface area contributed by atoms with E-state index in [1.54, 1.807) is 6.20 Å². The van der Waals surface area contributed by atoms with Crippen LogP contribution in [-0.2, 0) is 0 Å². The Balaban J connectivity index is 1.93. The molecule has 0 spiro atoms. The Hall–Kier alpha value is -0.890. The van der Waals surface area contributed by atoms with Gasteiger partial charge in [-0.2, -0.15) is 13.2 Å². The number of aromatic nitrogens is 2. The number of halogens is 4. The van der Waals surface area contributed by atoms with Gasteiger partial charge >= 0.3 is 6.18 Å². The molecule has 0 saturated carbocycles. The predicted octanol–water partition coefficient (Wildman–Crippen LogP) is 1.92. The van der Waals surface area contributed by atoms with Gasteiger partial charge in [-0.05, 0) is 15.9 Å². The number of hydrogen-bond acceptors (Lipinski definition) is 4. The van der Waals surface area contributed by atoms with E-state index >= 15 is 0 Å². The average molecular weight is 325 g/mol. The summed E-state index contributed by atoms with van der Waals surface area (Å²) in [6.07, 6.45) is -1.07. The number of piperazine rings is 1. The lowest BCUT2D eigenvalue weighted by atomic mass is 10.3. The number of anilines is 1. The summed E-state index contributed by atoms with van der Waals surface area (Å²) >= 11 is 3.34. The molecule has 1 aliphatic rings. The highest BCUT2D eigenvalue weighted by Gasteiger charge is 2.32. The normalized spacial score (nSPS) is 18.1. The minimum Gasteiger partial charge on any atom is -0.353 e. The van der Waals surface area contributed by atoms with Crippen molar-refractivity contribution in [2.75, 3.05) is 37.6 Å². The SMILES string of the molecule is FC(F)(F)CN1CCN(c2ncncc2Br)CC1. The highest BCUT2D eigenvalue weighted by molar-refractivity contribution is 9.10. The van der Waals surface area contributed by atoms with E-state index in [4.69, 9.17) is 0 Å². The molecule has 2 rings (SSSR count). The van der Waals surface area contributed by atoms with Crippen molar-refractivity contribution in [2.45, 2.75) is 6.18 Å². The molecule has 18 heavy (non-hydrogen) atoms. The summed E-state index contributed by atoms with van der Waals surface area (Å²) < 4.78 is 37.5. The van der Waals surface area contributed by atoms with Gasteiger partial charge in [-0.1, -0.05) is 0 Å². The predicted molar refractivity (Wildman–Crippen MR) is 64.4 cm³/mol. The molecule has 100 valence electrons. The van der Waals surface area contributed by atoms with Gasteiger partial charge in [0.2, 0.25) is 0 Å². The van der Waals surface area contributed by atoms with Gasteiger partial charge in [-0.3, -0.25) is 4.90 Å². The molecule has 0 bridgehead atoms. The Morgan fingerprint density at radius 1 is 1.22 bits per heavy atom. The van der Waals surface area contributed by atoms with Crippen LogP contribution in [-0.4, -0.2) is 53.8 Å². The zero-order chi connectivity index (χ0) is 13.2. The fourth-order valence-corrected chi connectivity index (χ4v) is 2.38. The van der Waals surface area contributed by atoms with Crippen LogP contribution in [0.5, 0.6) is 0 Å². The maximum Gasteiger partial charge on any atom is 0.401 e. The summed E-state index contributed by atoms with van der Waals surface area (Å²) in [7, 11) is 0. The third-order valence-electron chi connectivity index (χ3n) is 2.72. The molecule has 0 atom stereocenters. The van der Waals surface area contributed by atoms with Crippen LogP contribution in [0.1, 0.15) is 0 Å². The zero-order valence-electron chi connectivity index (χ0n) is 9.49. The first kappa shape index (κ1) is 13.5. The Morgan fingerprint density at radius 2 is 1.89 bits per heavy atom. The lowest BCUT2D eigenvalue weighted by Crippen LogP contribution is -2.49. The zero-order valence-corrected chi connectivity index (χ0v) is 11.1. The Kier molecular flexibility index (Phi) is 4.06. The maximum absolute atomic E-state index is 12.2. The molecular weight excluding hydrogens is 313 g/mol. The van der Waals surface area contributed by atoms with Crippen molar-refractivity contribution in [2.24, 2.45) is 0 Å². The number of rotatable bonds is 2. The molecule has 1 aromatic rings. The molecule has 1 aliphatic heterocycles. The van der Waals surface area contributed by atoms with Gasteiger partial charge in [0, 0.05) is 32.4 Å². The van der Waals surface area contributed by atoms with Gasteiger partial charge in [0.15, 0.2) is 0 Å². The molecule has 8 heteroatoms. The Labute approximate surface area is 111 Å². The van der Waals surface area contributed by atoms with Gasteiger partial charge in [0.25, 0.3) is 0 Å². The van der Waals surface area contributed by atoms with Crippen molar-refractivity contribution in [3.63, 3.8) is 0 Å². The molecule has 1 aromatic heterocycles. The van der Waals surface area contributed by atoms with Crippen molar-refractivity contribution in [1.82, 2.24) is 14.9 Å². The summed E-state index contributed by atoms with van der Waals surface area (Å²) in [4.78, 5) is 11.4. The highest BCUT2D eigenvalue weighted by Crippen LogP contribution is 2.24. The molecule has 0 amide bonds. The molecule has 2 heterocycles. The minimum absolute atomic E-state index is 0.385. The Bertz CT molecular complexity index is 404. The minimum atomic E-state index is -4.13. The summed E-state index contributed by atoms with van der Waals surface area (Å²) in [5.74, 6) is 0.733. The fraction of sp³-hybridized carbons (Fsp3) is 0.600. The summed E-state index contributed by atoms with van der Waals surface area (Å²) in [5, 5.41) is 0. The Morgan fingerprint density at radius 3 is 2.44 bits per heavy atom. The smallest absolute Gasteiger partial charge is 0.353 e. The van der Waals surface area contributed by atoms with Crippen molar-refractivity contribution in [1.29, 1.82) is 0 Å². The van der Waals surface area contributed by atoms with Crippen molar-refractivity contribution >= 4 is 21.7 Å². The summed E-state index contributed by atoms with van der Waals surface area (Å²) in [6.45, 7) is 0.995. The molecule has 4 nitrogen and oxygen atoms in total. The van der Waals surface area contributed by atoms with E-state index in [0.717, 1.165) is 10.3 Å². The first-order chi connectivity index (χ1) is 8.46. The van der Waals surface area contributed by atoms with E-state index < -0.39 is 12.7 Å². The quantitative estimate of drug-likeness (QED) is 0.832. The first-order valence-corrected chi connectivity index (χ1v) is 6.24. The molecule has 0 N–H and O–H groups in total. The van der Waals surface area contributed by atoms with Crippen LogP contribution in [0.25, 0.3) is 0 Å². The van der Waals surface area contributed by atoms with E-state index in [9.17, 15) is 13.2 Å². The van der Waals surface area contributed by atoms with Crippen LogP contribution in [0.3, 0.4) is 0 Å². The molecular formula is C10H12BrF3N4. The molecule has 0 unspecified atom stereocenters. The van der Waals surface area contributed by atoms with Gasteiger partial charge in [0.05, 0.1) is 11.0 Å². The monoisotopic (exact) mass is 324 g/mol. The lowest BCUT2D eigenvalue weighted by Gasteiger charge is -2.35. The van der Waals surface area contributed by atoms with E-state index in [-0.39, 0.29) is 0 Å². The van der Waals surface area contributed by atoms with E-state index in [2.05, 4.69) is 25.9 Å². The van der Waals surface area contributed by atoms with Crippen molar-refractivity contribution in [3.05, 3.63) is 17.0 Å². The fourth-order valence-electron chi connectivity index (χ4n) is 1.91. The summed E-state index contributed by atoms with van der Waals surface area (Å²) in [6, 6.07) is 0. The van der Waals surface area contributed by atoms with Crippen LogP contribution >= 0.6 is 15.9 Å². The van der Waals surface area contributed by atoms with E-state index in [1.807, 2.05) is 4.90 Å². The van der Waals surface area contributed by atoms with Crippen LogP contribution in [0.2, 0.25) is 0 Å².